The number of hydrogen-bond donors (Lipinski definition) is 1. The van der Waals surface area contributed by atoms with E-state index in [4.69, 9.17) is 5.73 Å². The molecule has 0 aromatic heterocycles. The second-order valence-electron chi connectivity index (χ2n) is 3.08. The lowest BCUT2D eigenvalue weighted by Gasteiger charge is -2.06. The van der Waals surface area contributed by atoms with Gasteiger partial charge >= 0.3 is 0 Å². The summed E-state index contributed by atoms with van der Waals surface area (Å²) in [5, 5.41) is 0. The molecule has 0 amide bonds. The molecule has 64 valence electrons. The average molecular weight is 230 g/mol. The Balaban J connectivity index is 2.67. The Morgan fingerprint density at radius 3 is 2.92 bits per heavy atom. The highest BCUT2D eigenvalue weighted by atomic mass is 79.9. The first kappa shape index (κ1) is 8.05. The Labute approximate surface area is 78.9 Å². The van der Waals surface area contributed by atoms with E-state index in [0.717, 1.165) is 24.8 Å². The molecule has 1 aromatic carbocycles. The monoisotopic (exact) mass is 229 g/mol. The maximum atomic E-state index is 13.2. The normalized spacial score (nSPS) is 14.8. The van der Waals surface area contributed by atoms with Gasteiger partial charge < -0.3 is 5.73 Å². The molecule has 1 aliphatic rings. The van der Waals surface area contributed by atoms with E-state index in [1.54, 1.807) is 0 Å². The number of hydrogen-bond acceptors (Lipinski definition) is 1. The molecule has 0 unspecified atom stereocenters. The van der Waals surface area contributed by atoms with Crippen molar-refractivity contribution in [2.75, 3.05) is 5.73 Å². The first-order chi connectivity index (χ1) is 5.70. The molecule has 1 nitrogen and oxygen atoms in total. The zero-order valence-electron chi connectivity index (χ0n) is 6.53. The van der Waals surface area contributed by atoms with Crippen molar-refractivity contribution in [2.45, 2.75) is 19.3 Å². The van der Waals surface area contributed by atoms with Gasteiger partial charge in [-0.1, -0.05) is 0 Å². The third-order valence-corrected chi connectivity index (χ3v) is 2.91. The molecular weight excluding hydrogens is 221 g/mol. The second kappa shape index (κ2) is 2.73. The van der Waals surface area contributed by atoms with Gasteiger partial charge in [0.15, 0.2) is 5.82 Å². The Bertz CT molecular complexity index is 336. The fraction of sp³-hybridized carbons (Fsp3) is 0.333. The van der Waals surface area contributed by atoms with Crippen LogP contribution < -0.4 is 5.73 Å². The highest BCUT2D eigenvalue weighted by molar-refractivity contribution is 9.10. The van der Waals surface area contributed by atoms with Crippen LogP contribution in [-0.2, 0) is 12.8 Å². The van der Waals surface area contributed by atoms with Crippen LogP contribution in [0.1, 0.15) is 17.5 Å². The highest BCUT2D eigenvalue weighted by Crippen LogP contribution is 2.33. The van der Waals surface area contributed by atoms with Crippen LogP contribution in [0.2, 0.25) is 0 Å². The van der Waals surface area contributed by atoms with E-state index < -0.39 is 0 Å². The van der Waals surface area contributed by atoms with E-state index in [2.05, 4.69) is 15.9 Å². The van der Waals surface area contributed by atoms with Crippen LogP contribution in [0.5, 0.6) is 0 Å². The molecule has 2 rings (SSSR count). The summed E-state index contributed by atoms with van der Waals surface area (Å²) in [6.45, 7) is 0. The van der Waals surface area contributed by atoms with Gasteiger partial charge in [-0.05, 0) is 52.4 Å². The summed E-state index contributed by atoms with van der Waals surface area (Å²) in [6, 6.07) is 1.84. The Morgan fingerprint density at radius 1 is 1.42 bits per heavy atom. The number of rotatable bonds is 0. The summed E-state index contributed by atoms with van der Waals surface area (Å²) < 4.78 is 13.7. The van der Waals surface area contributed by atoms with Crippen molar-refractivity contribution in [3.63, 3.8) is 0 Å². The van der Waals surface area contributed by atoms with Crippen molar-refractivity contribution in [3.05, 3.63) is 27.5 Å². The van der Waals surface area contributed by atoms with E-state index in [0.29, 0.717) is 10.2 Å². The predicted molar refractivity (Wildman–Crippen MR) is 50.5 cm³/mol. The molecule has 0 radical (unpaired) electrons. The maximum Gasteiger partial charge on any atom is 0.160 e. The Hall–Kier alpha value is -0.570. The van der Waals surface area contributed by atoms with Crippen molar-refractivity contribution >= 4 is 21.6 Å². The zero-order valence-corrected chi connectivity index (χ0v) is 8.12. The van der Waals surface area contributed by atoms with E-state index in [1.807, 2.05) is 6.07 Å². The van der Waals surface area contributed by atoms with Crippen molar-refractivity contribution in [1.29, 1.82) is 0 Å². The van der Waals surface area contributed by atoms with Gasteiger partial charge in [-0.2, -0.15) is 0 Å². The zero-order chi connectivity index (χ0) is 8.72. The van der Waals surface area contributed by atoms with Gasteiger partial charge in [-0.25, -0.2) is 4.39 Å². The van der Waals surface area contributed by atoms with Crippen LogP contribution in [0.15, 0.2) is 10.5 Å². The molecule has 3 heteroatoms. The molecule has 0 spiro atoms. The number of nitrogens with two attached hydrogens (primary N) is 1. The van der Waals surface area contributed by atoms with Gasteiger partial charge in [-0.15, -0.1) is 0 Å². The average Bonchev–Trinajstić information content (AvgIpc) is 2.48. The van der Waals surface area contributed by atoms with Crippen LogP contribution in [0.4, 0.5) is 10.1 Å². The largest absolute Gasteiger partial charge is 0.396 e. The molecular formula is C9H9BrFN. The van der Waals surface area contributed by atoms with Crippen molar-refractivity contribution < 1.29 is 4.39 Å². The summed E-state index contributed by atoms with van der Waals surface area (Å²) in [5.41, 5.74) is 8.17. The second-order valence-corrected chi connectivity index (χ2v) is 3.93. The van der Waals surface area contributed by atoms with E-state index in [1.165, 1.54) is 5.56 Å². The number of anilines is 1. The van der Waals surface area contributed by atoms with Gasteiger partial charge in [0.05, 0.1) is 10.2 Å². The third kappa shape index (κ3) is 1.04. The van der Waals surface area contributed by atoms with Gasteiger partial charge in [0.1, 0.15) is 0 Å². The SMILES string of the molecule is Nc1c(F)c(Br)cc2c1CCC2. The van der Waals surface area contributed by atoms with Gasteiger partial charge in [0.2, 0.25) is 0 Å². The number of benzene rings is 1. The summed E-state index contributed by atoms with van der Waals surface area (Å²) >= 11 is 3.14. The van der Waals surface area contributed by atoms with E-state index >= 15 is 0 Å². The molecule has 0 heterocycles. The van der Waals surface area contributed by atoms with E-state index in [9.17, 15) is 4.39 Å². The van der Waals surface area contributed by atoms with Crippen molar-refractivity contribution in [1.82, 2.24) is 0 Å². The number of halogens is 2. The molecule has 0 saturated heterocycles. The molecule has 1 aliphatic carbocycles. The number of nitrogen functional groups attached to an aromatic ring is 1. The Morgan fingerprint density at radius 2 is 2.17 bits per heavy atom. The van der Waals surface area contributed by atoms with Gasteiger partial charge in [0.25, 0.3) is 0 Å². The van der Waals surface area contributed by atoms with Crippen molar-refractivity contribution in [2.24, 2.45) is 0 Å². The van der Waals surface area contributed by atoms with Crippen LogP contribution in [0, 0.1) is 5.82 Å². The fourth-order valence-electron chi connectivity index (χ4n) is 1.71. The molecule has 0 atom stereocenters. The van der Waals surface area contributed by atoms with Gasteiger partial charge in [0, 0.05) is 0 Å². The van der Waals surface area contributed by atoms with Crippen LogP contribution in [0.25, 0.3) is 0 Å². The molecule has 12 heavy (non-hydrogen) atoms. The molecule has 0 fully saturated rings. The Kier molecular flexibility index (Phi) is 1.83. The van der Waals surface area contributed by atoms with E-state index in [-0.39, 0.29) is 5.82 Å². The summed E-state index contributed by atoms with van der Waals surface area (Å²) in [5.74, 6) is -0.310. The van der Waals surface area contributed by atoms with Crippen LogP contribution in [0.3, 0.4) is 0 Å². The fourth-order valence-corrected chi connectivity index (χ4v) is 2.20. The molecule has 2 N–H and O–H groups in total. The lowest BCUT2D eigenvalue weighted by Crippen LogP contribution is -1.98. The van der Waals surface area contributed by atoms with Crippen molar-refractivity contribution in [3.8, 4) is 0 Å². The first-order valence-corrected chi connectivity index (χ1v) is 4.74. The maximum absolute atomic E-state index is 13.2. The summed E-state index contributed by atoms with van der Waals surface area (Å²) in [4.78, 5) is 0. The van der Waals surface area contributed by atoms with Crippen LogP contribution >= 0.6 is 15.9 Å². The lowest BCUT2D eigenvalue weighted by atomic mass is 10.1. The first-order valence-electron chi connectivity index (χ1n) is 3.95. The lowest BCUT2D eigenvalue weighted by molar-refractivity contribution is 0.624. The number of aryl methyl sites for hydroxylation is 1. The molecule has 0 saturated carbocycles. The highest BCUT2D eigenvalue weighted by Gasteiger charge is 2.18. The topological polar surface area (TPSA) is 26.0 Å². The third-order valence-electron chi connectivity index (χ3n) is 2.33. The predicted octanol–water partition coefficient (Wildman–Crippen LogP) is 2.66. The smallest absolute Gasteiger partial charge is 0.160 e. The summed E-state index contributed by atoms with van der Waals surface area (Å²) in [7, 11) is 0. The van der Waals surface area contributed by atoms with Crippen LogP contribution in [-0.4, -0.2) is 0 Å². The summed E-state index contributed by atoms with van der Waals surface area (Å²) in [6.07, 6.45) is 3.04. The minimum atomic E-state index is -0.310. The molecule has 1 aromatic rings. The standard InChI is InChI=1S/C9H9BrFN/c10-7-4-5-2-1-3-6(5)9(12)8(7)11/h4H,1-3,12H2. The quantitative estimate of drug-likeness (QED) is 0.681. The minimum Gasteiger partial charge on any atom is -0.396 e. The molecule has 0 aliphatic heterocycles. The minimum absolute atomic E-state index is 0.310. The van der Waals surface area contributed by atoms with Gasteiger partial charge in [-0.3, -0.25) is 0 Å². The number of fused-ring (bicyclic) bond motifs is 1. The molecule has 0 bridgehead atoms.